The zero-order valence-corrected chi connectivity index (χ0v) is 13.3. The van der Waals surface area contributed by atoms with Crippen molar-refractivity contribution in [3.05, 3.63) is 75.8 Å². The first-order chi connectivity index (χ1) is 10.2. The minimum atomic E-state index is -0.687. The molecule has 1 aliphatic rings. The molecule has 2 aromatic rings. The molecule has 0 aliphatic heterocycles. The number of rotatable bonds is 5. The van der Waals surface area contributed by atoms with E-state index in [0.717, 1.165) is 28.4 Å². The van der Waals surface area contributed by atoms with Gasteiger partial charge in [-0.05, 0) is 47.7 Å². The molecule has 3 heteroatoms. The Hall–Kier alpha value is -1.58. The topological polar surface area (TPSA) is 29.5 Å². The van der Waals surface area contributed by atoms with Gasteiger partial charge in [0.05, 0.1) is 0 Å². The Morgan fingerprint density at radius 3 is 2.67 bits per heavy atom. The molecule has 0 radical (unpaired) electrons. The summed E-state index contributed by atoms with van der Waals surface area (Å²) >= 11 is 3.46. The van der Waals surface area contributed by atoms with Crippen LogP contribution in [0.5, 0.6) is 5.75 Å². The maximum atomic E-state index is 10.7. The number of halogens is 1. The number of aliphatic hydroxyl groups is 1. The van der Waals surface area contributed by atoms with Gasteiger partial charge in [0.1, 0.15) is 18.5 Å². The zero-order chi connectivity index (χ0) is 14.8. The van der Waals surface area contributed by atoms with E-state index in [9.17, 15) is 5.11 Å². The van der Waals surface area contributed by atoms with Crippen LogP contribution < -0.4 is 4.74 Å². The monoisotopic (exact) mass is 344 g/mol. The van der Waals surface area contributed by atoms with Gasteiger partial charge in [-0.2, -0.15) is 0 Å². The first-order valence-corrected chi connectivity index (χ1v) is 7.81. The number of hydrogen-bond donors (Lipinski definition) is 1. The van der Waals surface area contributed by atoms with Crippen LogP contribution in [0.2, 0.25) is 0 Å². The Morgan fingerprint density at radius 1 is 1.19 bits per heavy atom. The Morgan fingerprint density at radius 2 is 2.00 bits per heavy atom. The van der Waals surface area contributed by atoms with Crippen molar-refractivity contribution in [3.8, 4) is 5.75 Å². The summed E-state index contributed by atoms with van der Waals surface area (Å²) in [6, 6.07) is 11.9. The van der Waals surface area contributed by atoms with Crippen molar-refractivity contribution >= 4 is 15.9 Å². The standard InChI is InChI=1S/C18H17BrO2/c1-2-9-21-17-8-7-15(19)11-16(17)18(20)14-6-4-12-3-5-13(12)10-14/h2,4,6-8,10-11,18,20H,1,3,5,9H2. The van der Waals surface area contributed by atoms with Crippen LogP contribution in [-0.2, 0) is 12.8 Å². The summed E-state index contributed by atoms with van der Waals surface area (Å²) in [7, 11) is 0. The van der Waals surface area contributed by atoms with Crippen LogP contribution in [0.15, 0.2) is 53.5 Å². The summed E-state index contributed by atoms with van der Waals surface area (Å²) in [5.74, 6) is 0.688. The molecular formula is C18H17BrO2. The molecule has 0 fully saturated rings. The highest BCUT2D eigenvalue weighted by molar-refractivity contribution is 9.10. The fourth-order valence-corrected chi connectivity index (χ4v) is 2.96. The molecule has 108 valence electrons. The third-order valence-corrected chi connectivity index (χ3v) is 4.33. The summed E-state index contributed by atoms with van der Waals surface area (Å²) in [5, 5.41) is 10.7. The van der Waals surface area contributed by atoms with Crippen LogP contribution in [0.1, 0.15) is 28.4 Å². The maximum Gasteiger partial charge on any atom is 0.126 e. The summed E-state index contributed by atoms with van der Waals surface area (Å²) in [6.45, 7) is 4.08. The zero-order valence-electron chi connectivity index (χ0n) is 11.7. The van der Waals surface area contributed by atoms with Crippen molar-refractivity contribution in [1.82, 2.24) is 0 Å². The van der Waals surface area contributed by atoms with Gasteiger partial charge in [0.2, 0.25) is 0 Å². The van der Waals surface area contributed by atoms with Gasteiger partial charge in [0.15, 0.2) is 0 Å². The SMILES string of the molecule is C=CCOc1ccc(Br)cc1C(O)c1ccc2c(c1)CC2. The van der Waals surface area contributed by atoms with Gasteiger partial charge in [-0.1, -0.05) is 46.8 Å². The third kappa shape index (κ3) is 2.89. The molecule has 21 heavy (non-hydrogen) atoms. The van der Waals surface area contributed by atoms with Gasteiger partial charge in [-0.3, -0.25) is 0 Å². The van der Waals surface area contributed by atoms with Crippen LogP contribution in [0.4, 0.5) is 0 Å². The molecule has 2 nitrogen and oxygen atoms in total. The highest BCUT2D eigenvalue weighted by atomic mass is 79.9. The lowest BCUT2D eigenvalue weighted by Crippen LogP contribution is -2.11. The lowest BCUT2D eigenvalue weighted by atomic mass is 9.85. The van der Waals surface area contributed by atoms with E-state index in [1.165, 1.54) is 11.1 Å². The van der Waals surface area contributed by atoms with Crippen LogP contribution in [-0.4, -0.2) is 11.7 Å². The molecule has 1 aliphatic carbocycles. The van der Waals surface area contributed by atoms with E-state index in [0.29, 0.717) is 12.4 Å². The molecule has 1 unspecified atom stereocenters. The van der Waals surface area contributed by atoms with Gasteiger partial charge in [-0.25, -0.2) is 0 Å². The van der Waals surface area contributed by atoms with E-state index in [-0.39, 0.29) is 0 Å². The van der Waals surface area contributed by atoms with Crippen molar-refractivity contribution in [2.24, 2.45) is 0 Å². The second kappa shape index (κ2) is 6.04. The largest absolute Gasteiger partial charge is 0.489 e. The van der Waals surface area contributed by atoms with E-state index in [1.807, 2.05) is 24.3 Å². The van der Waals surface area contributed by atoms with Crippen LogP contribution in [0.25, 0.3) is 0 Å². The third-order valence-electron chi connectivity index (χ3n) is 3.83. The highest BCUT2D eigenvalue weighted by Crippen LogP contribution is 2.34. The smallest absolute Gasteiger partial charge is 0.126 e. The Balaban J connectivity index is 1.95. The minimum Gasteiger partial charge on any atom is -0.489 e. The number of benzene rings is 2. The molecule has 3 rings (SSSR count). The minimum absolute atomic E-state index is 0.422. The molecule has 0 aromatic heterocycles. The van der Waals surface area contributed by atoms with Crippen molar-refractivity contribution < 1.29 is 9.84 Å². The van der Waals surface area contributed by atoms with Gasteiger partial charge in [0.25, 0.3) is 0 Å². The summed E-state index contributed by atoms with van der Waals surface area (Å²) < 4.78 is 6.58. The van der Waals surface area contributed by atoms with E-state index in [4.69, 9.17) is 4.74 Å². The second-order valence-electron chi connectivity index (χ2n) is 5.21. The number of ether oxygens (including phenoxy) is 1. The number of aliphatic hydroxyl groups excluding tert-OH is 1. The lowest BCUT2D eigenvalue weighted by Gasteiger charge is -2.22. The molecule has 0 saturated heterocycles. The highest BCUT2D eigenvalue weighted by Gasteiger charge is 2.20. The van der Waals surface area contributed by atoms with Gasteiger partial charge in [0, 0.05) is 10.0 Å². The van der Waals surface area contributed by atoms with Gasteiger partial charge >= 0.3 is 0 Å². The van der Waals surface area contributed by atoms with Gasteiger partial charge in [-0.15, -0.1) is 0 Å². The Labute approximate surface area is 133 Å². The van der Waals surface area contributed by atoms with E-state index in [1.54, 1.807) is 6.08 Å². The van der Waals surface area contributed by atoms with Gasteiger partial charge < -0.3 is 9.84 Å². The molecular weight excluding hydrogens is 328 g/mol. The van der Waals surface area contributed by atoms with Crippen molar-refractivity contribution in [3.63, 3.8) is 0 Å². The predicted molar refractivity (Wildman–Crippen MR) is 87.7 cm³/mol. The maximum absolute atomic E-state index is 10.7. The lowest BCUT2D eigenvalue weighted by molar-refractivity contribution is 0.212. The van der Waals surface area contributed by atoms with Crippen molar-refractivity contribution in [2.45, 2.75) is 18.9 Å². The molecule has 2 aromatic carbocycles. The van der Waals surface area contributed by atoms with E-state index >= 15 is 0 Å². The molecule has 0 bridgehead atoms. The Bertz CT molecular complexity index is 679. The van der Waals surface area contributed by atoms with Crippen LogP contribution in [0.3, 0.4) is 0 Å². The van der Waals surface area contributed by atoms with Crippen LogP contribution in [0, 0.1) is 0 Å². The number of hydrogen-bond acceptors (Lipinski definition) is 2. The van der Waals surface area contributed by atoms with Crippen molar-refractivity contribution in [2.75, 3.05) is 6.61 Å². The molecule has 1 atom stereocenters. The Kier molecular flexibility index (Phi) is 4.13. The normalized spacial score (nSPS) is 14.0. The molecule has 1 N–H and O–H groups in total. The molecule has 0 saturated carbocycles. The summed E-state index contributed by atoms with van der Waals surface area (Å²) in [6.07, 6.45) is 3.27. The fourth-order valence-electron chi connectivity index (χ4n) is 2.58. The average molecular weight is 345 g/mol. The number of aryl methyl sites for hydroxylation is 2. The fraction of sp³-hybridized carbons (Fsp3) is 0.222. The number of fused-ring (bicyclic) bond motifs is 1. The molecule has 0 spiro atoms. The van der Waals surface area contributed by atoms with E-state index < -0.39 is 6.10 Å². The van der Waals surface area contributed by atoms with Crippen LogP contribution >= 0.6 is 15.9 Å². The second-order valence-corrected chi connectivity index (χ2v) is 6.13. The summed E-state index contributed by atoms with van der Waals surface area (Å²) in [4.78, 5) is 0. The molecule has 0 heterocycles. The van der Waals surface area contributed by atoms with E-state index in [2.05, 4.69) is 34.6 Å². The average Bonchev–Trinajstić information content (AvgIpc) is 2.46. The predicted octanol–water partition coefficient (Wildman–Crippen LogP) is 4.19. The van der Waals surface area contributed by atoms with Crippen molar-refractivity contribution in [1.29, 1.82) is 0 Å². The summed E-state index contributed by atoms with van der Waals surface area (Å²) in [5.41, 5.74) is 4.42. The first-order valence-electron chi connectivity index (χ1n) is 7.02. The first kappa shape index (κ1) is 14.4. The molecule has 0 amide bonds. The quantitative estimate of drug-likeness (QED) is 0.824.